The summed E-state index contributed by atoms with van der Waals surface area (Å²) in [6, 6.07) is 7.27. The van der Waals surface area contributed by atoms with Crippen molar-refractivity contribution in [2.24, 2.45) is 11.5 Å². The van der Waals surface area contributed by atoms with Gasteiger partial charge in [0, 0.05) is 3.57 Å². The summed E-state index contributed by atoms with van der Waals surface area (Å²) in [5.41, 5.74) is 11.6. The Kier molecular flexibility index (Phi) is 3.68. The molecule has 1 atom stereocenters. The first-order valence-corrected chi connectivity index (χ1v) is 4.97. The van der Waals surface area contributed by atoms with E-state index in [1.54, 1.807) is 0 Å². The first-order chi connectivity index (χ1) is 6.09. The highest BCUT2D eigenvalue weighted by molar-refractivity contribution is 14.1. The second-order valence-electron chi connectivity index (χ2n) is 2.84. The first kappa shape index (κ1) is 10.5. The third kappa shape index (κ3) is 3.31. The highest BCUT2D eigenvalue weighted by Crippen LogP contribution is 2.07. The Bertz CT molecular complexity index is 297. The molecule has 0 aromatic heterocycles. The van der Waals surface area contributed by atoms with Gasteiger partial charge in [-0.05, 0) is 46.7 Å². The first-order valence-electron chi connectivity index (χ1n) is 3.89. The monoisotopic (exact) mass is 290 g/mol. The van der Waals surface area contributed by atoms with Crippen LogP contribution < -0.4 is 11.5 Å². The van der Waals surface area contributed by atoms with Crippen molar-refractivity contribution in [1.82, 2.24) is 0 Å². The van der Waals surface area contributed by atoms with Crippen LogP contribution >= 0.6 is 22.6 Å². The van der Waals surface area contributed by atoms with E-state index < -0.39 is 11.9 Å². The lowest BCUT2D eigenvalue weighted by atomic mass is 10.1. The molecule has 0 aliphatic heterocycles. The SMILES string of the molecule is NC(=O)[C@H](N)Cc1ccc(I)cc1. The van der Waals surface area contributed by atoms with Gasteiger partial charge >= 0.3 is 0 Å². The van der Waals surface area contributed by atoms with Gasteiger partial charge in [-0.25, -0.2) is 0 Å². The molecule has 3 nitrogen and oxygen atoms in total. The predicted molar refractivity (Wildman–Crippen MR) is 60.0 cm³/mol. The van der Waals surface area contributed by atoms with Crippen molar-refractivity contribution in [3.63, 3.8) is 0 Å². The molecule has 0 fully saturated rings. The van der Waals surface area contributed by atoms with Crippen LogP contribution in [0.25, 0.3) is 0 Å². The molecule has 0 bridgehead atoms. The number of nitrogens with two attached hydrogens (primary N) is 2. The topological polar surface area (TPSA) is 69.1 Å². The maximum Gasteiger partial charge on any atom is 0.234 e. The summed E-state index contributed by atoms with van der Waals surface area (Å²) in [5.74, 6) is -0.460. The molecule has 4 N–H and O–H groups in total. The minimum absolute atomic E-state index is 0.460. The van der Waals surface area contributed by atoms with E-state index in [2.05, 4.69) is 22.6 Å². The fraction of sp³-hybridized carbons (Fsp3) is 0.222. The van der Waals surface area contributed by atoms with Gasteiger partial charge < -0.3 is 11.5 Å². The van der Waals surface area contributed by atoms with Crippen LogP contribution in [0.1, 0.15) is 5.56 Å². The van der Waals surface area contributed by atoms with E-state index >= 15 is 0 Å². The predicted octanol–water partition coefficient (Wildman–Crippen LogP) is 0.646. The van der Waals surface area contributed by atoms with E-state index in [1.807, 2.05) is 24.3 Å². The molecule has 13 heavy (non-hydrogen) atoms. The molecule has 0 heterocycles. The number of rotatable bonds is 3. The van der Waals surface area contributed by atoms with Crippen molar-refractivity contribution in [2.45, 2.75) is 12.5 Å². The van der Waals surface area contributed by atoms with Crippen molar-refractivity contribution < 1.29 is 4.79 Å². The molecule has 1 amide bonds. The van der Waals surface area contributed by atoms with E-state index in [0.29, 0.717) is 6.42 Å². The second-order valence-corrected chi connectivity index (χ2v) is 4.09. The highest BCUT2D eigenvalue weighted by atomic mass is 127. The summed E-state index contributed by atoms with van der Waals surface area (Å²) in [4.78, 5) is 10.7. The Balaban J connectivity index is 2.64. The molecule has 0 unspecified atom stereocenters. The highest BCUT2D eigenvalue weighted by Gasteiger charge is 2.09. The molecule has 1 aromatic rings. The molecule has 0 spiro atoms. The molecule has 0 radical (unpaired) electrons. The number of primary amides is 1. The Hall–Kier alpha value is -0.620. The molecule has 0 aliphatic rings. The van der Waals surface area contributed by atoms with Crippen molar-refractivity contribution in [1.29, 1.82) is 0 Å². The quantitative estimate of drug-likeness (QED) is 0.802. The van der Waals surface area contributed by atoms with E-state index in [9.17, 15) is 4.79 Å². The minimum atomic E-state index is -0.583. The van der Waals surface area contributed by atoms with Crippen molar-refractivity contribution in [3.05, 3.63) is 33.4 Å². The lowest BCUT2D eigenvalue weighted by Gasteiger charge is -2.06. The normalized spacial score (nSPS) is 12.5. The van der Waals surface area contributed by atoms with Crippen LogP contribution in [-0.2, 0) is 11.2 Å². The van der Waals surface area contributed by atoms with E-state index in [1.165, 1.54) is 0 Å². The molecule has 4 heteroatoms. The molecule has 0 aliphatic carbocycles. The average molecular weight is 290 g/mol. The lowest BCUT2D eigenvalue weighted by molar-refractivity contribution is -0.119. The Morgan fingerprint density at radius 1 is 1.38 bits per heavy atom. The average Bonchev–Trinajstić information content (AvgIpc) is 2.08. The summed E-state index contributed by atoms with van der Waals surface area (Å²) in [6.07, 6.45) is 0.506. The Labute approximate surface area is 90.6 Å². The van der Waals surface area contributed by atoms with Crippen molar-refractivity contribution in [3.8, 4) is 0 Å². The van der Waals surface area contributed by atoms with Gasteiger partial charge in [0.2, 0.25) is 5.91 Å². The molecule has 70 valence electrons. The van der Waals surface area contributed by atoms with Gasteiger partial charge in [0.25, 0.3) is 0 Å². The van der Waals surface area contributed by atoms with Gasteiger partial charge in [-0.2, -0.15) is 0 Å². The minimum Gasteiger partial charge on any atom is -0.368 e. The number of hydrogen-bond acceptors (Lipinski definition) is 2. The summed E-state index contributed by atoms with van der Waals surface area (Å²) in [6.45, 7) is 0. The number of halogens is 1. The molecular weight excluding hydrogens is 279 g/mol. The zero-order valence-electron chi connectivity index (χ0n) is 7.03. The van der Waals surface area contributed by atoms with Crippen LogP contribution in [0, 0.1) is 3.57 Å². The van der Waals surface area contributed by atoms with Crippen LogP contribution in [0.15, 0.2) is 24.3 Å². The zero-order valence-corrected chi connectivity index (χ0v) is 9.19. The molecule has 0 saturated heterocycles. The van der Waals surface area contributed by atoms with Crippen LogP contribution in [-0.4, -0.2) is 11.9 Å². The van der Waals surface area contributed by atoms with E-state index in [4.69, 9.17) is 11.5 Å². The summed E-state index contributed by atoms with van der Waals surface area (Å²) in [7, 11) is 0. The van der Waals surface area contributed by atoms with Gasteiger partial charge in [-0.3, -0.25) is 4.79 Å². The molecule has 0 saturated carbocycles. The second kappa shape index (κ2) is 4.57. The largest absolute Gasteiger partial charge is 0.368 e. The smallest absolute Gasteiger partial charge is 0.234 e. The Morgan fingerprint density at radius 3 is 2.38 bits per heavy atom. The number of hydrogen-bond donors (Lipinski definition) is 2. The van der Waals surface area contributed by atoms with Crippen LogP contribution in [0.4, 0.5) is 0 Å². The van der Waals surface area contributed by atoms with E-state index in [-0.39, 0.29) is 0 Å². The number of carbonyl (C=O) groups excluding carboxylic acids is 1. The molecule has 1 aromatic carbocycles. The third-order valence-corrected chi connectivity index (χ3v) is 2.45. The standard InChI is InChI=1S/C9H11IN2O/c10-7-3-1-6(2-4-7)5-8(11)9(12)13/h1-4,8H,5,11H2,(H2,12,13)/t8-/m1/s1. The zero-order chi connectivity index (χ0) is 9.84. The van der Waals surface area contributed by atoms with Gasteiger partial charge in [0.05, 0.1) is 6.04 Å². The Morgan fingerprint density at radius 2 is 1.92 bits per heavy atom. The fourth-order valence-corrected chi connectivity index (χ4v) is 1.33. The van der Waals surface area contributed by atoms with E-state index in [0.717, 1.165) is 9.13 Å². The fourth-order valence-electron chi connectivity index (χ4n) is 0.975. The number of carbonyl (C=O) groups is 1. The number of amides is 1. The molecular formula is C9H11IN2O. The summed E-state index contributed by atoms with van der Waals surface area (Å²) < 4.78 is 1.16. The maximum atomic E-state index is 10.7. The number of benzene rings is 1. The maximum absolute atomic E-state index is 10.7. The lowest BCUT2D eigenvalue weighted by Crippen LogP contribution is -2.38. The van der Waals surface area contributed by atoms with Crippen molar-refractivity contribution in [2.75, 3.05) is 0 Å². The molecule has 1 rings (SSSR count). The summed E-state index contributed by atoms with van der Waals surface area (Å²) >= 11 is 2.22. The van der Waals surface area contributed by atoms with Crippen LogP contribution in [0.2, 0.25) is 0 Å². The van der Waals surface area contributed by atoms with Gasteiger partial charge in [-0.15, -0.1) is 0 Å². The van der Waals surface area contributed by atoms with Gasteiger partial charge in [0.15, 0.2) is 0 Å². The third-order valence-electron chi connectivity index (χ3n) is 1.73. The van der Waals surface area contributed by atoms with Gasteiger partial charge in [0.1, 0.15) is 0 Å². The van der Waals surface area contributed by atoms with Crippen LogP contribution in [0.3, 0.4) is 0 Å². The van der Waals surface area contributed by atoms with Crippen molar-refractivity contribution >= 4 is 28.5 Å². The van der Waals surface area contributed by atoms with Gasteiger partial charge in [-0.1, -0.05) is 12.1 Å². The summed E-state index contributed by atoms with van der Waals surface area (Å²) in [5, 5.41) is 0. The van der Waals surface area contributed by atoms with Crippen LogP contribution in [0.5, 0.6) is 0 Å².